The maximum Gasteiger partial charge on any atom is 0.139 e. The van der Waals surface area contributed by atoms with E-state index in [1.54, 1.807) is 12.3 Å². The molecule has 12 heavy (non-hydrogen) atoms. The van der Waals surface area contributed by atoms with Crippen molar-refractivity contribution in [2.24, 2.45) is 0 Å². The van der Waals surface area contributed by atoms with Crippen LogP contribution in [0, 0.1) is 5.82 Å². The van der Waals surface area contributed by atoms with Crippen molar-refractivity contribution in [2.75, 3.05) is 0 Å². The monoisotopic (exact) mass is 247 g/mol. The lowest BCUT2D eigenvalue weighted by atomic mass is 10.2. The zero-order valence-electron chi connectivity index (χ0n) is 5.87. The number of fused-ring (bicyclic) bond motifs is 1. The van der Waals surface area contributed by atoms with Crippen LogP contribution in [0.15, 0.2) is 22.8 Å². The number of hydrogen-bond acceptors (Lipinski definition) is 0. The number of nitrogens with one attached hydrogen (secondary N) is 1. The Morgan fingerprint density at radius 3 is 3.00 bits per heavy atom. The highest BCUT2D eigenvalue weighted by molar-refractivity contribution is 9.10. The first-order valence-electron chi connectivity index (χ1n) is 3.30. The van der Waals surface area contributed by atoms with Crippen molar-refractivity contribution >= 4 is 38.4 Å². The van der Waals surface area contributed by atoms with Gasteiger partial charge in [0.05, 0.1) is 15.0 Å². The third-order valence-electron chi connectivity index (χ3n) is 1.69. The molecule has 2 aromatic rings. The Morgan fingerprint density at radius 1 is 1.50 bits per heavy atom. The molecule has 1 heterocycles. The quantitative estimate of drug-likeness (QED) is 0.684. The van der Waals surface area contributed by atoms with Gasteiger partial charge in [-0.15, -0.1) is 0 Å². The second-order valence-electron chi connectivity index (χ2n) is 2.42. The summed E-state index contributed by atoms with van der Waals surface area (Å²) in [4.78, 5) is 2.93. The Kier molecular flexibility index (Phi) is 1.85. The molecule has 1 N–H and O–H groups in total. The second kappa shape index (κ2) is 2.75. The molecule has 1 nitrogen and oxygen atoms in total. The van der Waals surface area contributed by atoms with E-state index in [0.717, 1.165) is 10.9 Å². The van der Waals surface area contributed by atoms with E-state index in [1.807, 2.05) is 0 Å². The SMILES string of the molecule is Fc1cc(Cl)c2[nH]ccc2c1Br. The van der Waals surface area contributed by atoms with Crippen LogP contribution in [0.5, 0.6) is 0 Å². The summed E-state index contributed by atoms with van der Waals surface area (Å²) in [7, 11) is 0. The highest BCUT2D eigenvalue weighted by Gasteiger charge is 2.08. The predicted octanol–water partition coefficient (Wildman–Crippen LogP) is 3.72. The molecule has 0 aliphatic rings. The Bertz CT molecular complexity index is 438. The third kappa shape index (κ3) is 1.04. The highest BCUT2D eigenvalue weighted by atomic mass is 79.9. The number of benzene rings is 1. The molecule has 1 aromatic carbocycles. The average molecular weight is 248 g/mol. The Labute approximate surface area is 81.7 Å². The maximum absolute atomic E-state index is 13.0. The molecule has 4 heteroatoms. The molecule has 0 amide bonds. The van der Waals surface area contributed by atoms with Crippen LogP contribution in [-0.4, -0.2) is 4.98 Å². The minimum absolute atomic E-state index is 0.341. The first-order chi connectivity index (χ1) is 5.70. The molecule has 2 rings (SSSR count). The van der Waals surface area contributed by atoms with Crippen molar-refractivity contribution in [3.8, 4) is 0 Å². The van der Waals surface area contributed by atoms with Gasteiger partial charge in [-0.2, -0.15) is 0 Å². The number of aromatic nitrogens is 1. The fraction of sp³-hybridized carbons (Fsp3) is 0. The molecule has 0 bridgehead atoms. The minimum atomic E-state index is -0.341. The van der Waals surface area contributed by atoms with Crippen LogP contribution in [0.3, 0.4) is 0 Å². The summed E-state index contributed by atoms with van der Waals surface area (Å²) < 4.78 is 13.5. The van der Waals surface area contributed by atoms with E-state index in [2.05, 4.69) is 20.9 Å². The van der Waals surface area contributed by atoms with Gasteiger partial charge in [0.2, 0.25) is 0 Å². The van der Waals surface area contributed by atoms with Gasteiger partial charge >= 0.3 is 0 Å². The normalized spacial score (nSPS) is 10.9. The molecular formula is C8H4BrClFN. The van der Waals surface area contributed by atoms with Crippen molar-refractivity contribution in [3.63, 3.8) is 0 Å². The molecule has 1 aromatic heterocycles. The average Bonchev–Trinajstić information content (AvgIpc) is 2.48. The molecule has 0 spiro atoms. The van der Waals surface area contributed by atoms with Gasteiger partial charge in [0, 0.05) is 11.6 Å². The first-order valence-corrected chi connectivity index (χ1v) is 4.48. The fourth-order valence-corrected chi connectivity index (χ4v) is 1.82. The third-order valence-corrected chi connectivity index (χ3v) is 2.79. The summed E-state index contributed by atoms with van der Waals surface area (Å²) in [5, 5.41) is 1.16. The zero-order chi connectivity index (χ0) is 8.72. The number of rotatable bonds is 0. The van der Waals surface area contributed by atoms with Crippen molar-refractivity contribution in [1.82, 2.24) is 4.98 Å². The number of hydrogen-bond donors (Lipinski definition) is 1. The van der Waals surface area contributed by atoms with Crippen molar-refractivity contribution < 1.29 is 4.39 Å². The van der Waals surface area contributed by atoms with Gasteiger partial charge in [0.1, 0.15) is 5.82 Å². The fourth-order valence-electron chi connectivity index (χ4n) is 1.13. The van der Waals surface area contributed by atoms with Crippen LogP contribution >= 0.6 is 27.5 Å². The lowest BCUT2D eigenvalue weighted by molar-refractivity contribution is 0.623. The van der Waals surface area contributed by atoms with Crippen LogP contribution in [0.4, 0.5) is 4.39 Å². The van der Waals surface area contributed by atoms with Crippen LogP contribution in [0.1, 0.15) is 0 Å². The molecule has 0 saturated carbocycles. The molecule has 0 unspecified atom stereocenters. The van der Waals surface area contributed by atoms with Crippen molar-refractivity contribution in [3.05, 3.63) is 33.6 Å². The second-order valence-corrected chi connectivity index (χ2v) is 3.62. The van der Waals surface area contributed by atoms with Gasteiger partial charge in [0.15, 0.2) is 0 Å². The summed E-state index contributed by atoms with van der Waals surface area (Å²) in [6.45, 7) is 0. The van der Waals surface area contributed by atoms with Crippen LogP contribution in [0.2, 0.25) is 5.02 Å². The van der Waals surface area contributed by atoms with Crippen LogP contribution in [0.25, 0.3) is 10.9 Å². The van der Waals surface area contributed by atoms with Gasteiger partial charge in [-0.25, -0.2) is 4.39 Å². The standard InChI is InChI=1S/C8H4BrClFN/c9-7-4-1-2-12-8(4)5(10)3-6(7)11/h1-3,12H. The van der Waals surface area contributed by atoms with E-state index in [0.29, 0.717) is 9.50 Å². The van der Waals surface area contributed by atoms with E-state index >= 15 is 0 Å². The van der Waals surface area contributed by atoms with Crippen LogP contribution < -0.4 is 0 Å². The summed E-state index contributed by atoms with van der Waals surface area (Å²) in [6.07, 6.45) is 1.72. The van der Waals surface area contributed by atoms with Crippen LogP contribution in [-0.2, 0) is 0 Å². The van der Waals surface area contributed by atoms with E-state index in [1.165, 1.54) is 6.07 Å². The van der Waals surface area contributed by atoms with Gasteiger partial charge in [-0.05, 0) is 28.1 Å². The first kappa shape index (κ1) is 8.08. The maximum atomic E-state index is 13.0. The molecule has 0 atom stereocenters. The summed E-state index contributed by atoms with van der Waals surface area (Å²) in [6, 6.07) is 3.05. The van der Waals surface area contributed by atoms with Gasteiger partial charge in [-0.3, -0.25) is 0 Å². The van der Waals surface area contributed by atoms with Gasteiger partial charge < -0.3 is 4.98 Å². The molecule has 0 saturated heterocycles. The van der Waals surface area contributed by atoms with E-state index in [4.69, 9.17) is 11.6 Å². The number of aromatic amines is 1. The Hall–Kier alpha value is -0.540. The smallest absolute Gasteiger partial charge is 0.139 e. The molecule has 0 radical (unpaired) electrons. The van der Waals surface area contributed by atoms with E-state index in [-0.39, 0.29) is 5.82 Å². The molecular weight excluding hydrogens is 244 g/mol. The predicted molar refractivity (Wildman–Crippen MR) is 51.0 cm³/mol. The lowest BCUT2D eigenvalue weighted by Crippen LogP contribution is -1.79. The molecule has 0 fully saturated rings. The highest BCUT2D eigenvalue weighted by Crippen LogP contribution is 2.31. The lowest BCUT2D eigenvalue weighted by Gasteiger charge is -1.98. The largest absolute Gasteiger partial charge is 0.360 e. The Morgan fingerprint density at radius 2 is 2.25 bits per heavy atom. The van der Waals surface area contributed by atoms with Crippen molar-refractivity contribution in [1.29, 1.82) is 0 Å². The van der Waals surface area contributed by atoms with Gasteiger partial charge in [-0.1, -0.05) is 11.6 Å². The zero-order valence-corrected chi connectivity index (χ0v) is 8.21. The minimum Gasteiger partial charge on any atom is -0.360 e. The molecule has 0 aliphatic carbocycles. The van der Waals surface area contributed by atoms with Crippen molar-refractivity contribution in [2.45, 2.75) is 0 Å². The van der Waals surface area contributed by atoms with E-state index < -0.39 is 0 Å². The van der Waals surface area contributed by atoms with E-state index in [9.17, 15) is 4.39 Å². The van der Waals surface area contributed by atoms with Gasteiger partial charge in [0.25, 0.3) is 0 Å². The summed E-state index contributed by atoms with van der Waals surface area (Å²) >= 11 is 8.92. The number of H-pyrrole nitrogens is 1. The topological polar surface area (TPSA) is 15.8 Å². The number of halogens is 3. The summed E-state index contributed by atoms with van der Waals surface area (Å²) in [5.41, 5.74) is 0.755. The summed E-state index contributed by atoms with van der Waals surface area (Å²) in [5.74, 6) is -0.341. The molecule has 0 aliphatic heterocycles. The molecule has 62 valence electrons. The Balaban J connectivity index is 2.97.